The van der Waals surface area contributed by atoms with Crippen molar-refractivity contribution in [3.8, 4) is 0 Å². The first kappa shape index (κ1) is 11.8. The number of alkyl halides is 2. The third-order valence-electron chi connectivity index (χ3n) is 4.55. The van der Waals surface area contributed by atoms with Crippen LogP contribution in [0.15, 0.2) is 0 Å². The van der Waals surface area contributed by atoms with Gasteiger partial charge in [-0.2, -0.15) is 0 Å². The van der Waals surface area contributed by atoms with Crippen LogP contribution in [0.25, 0.3) is 0 Å². The average molecular weight is 245 g/mol. The van der Waals surface area contributed by atoms with Crippen molar-refractivity contribution in [2.24, 2.45) is 5.92 Å². The fraction of sp³-hybridized carbons (Fsp3) is 1.00. The summed E-state index contributed by atoms with van der Waals surface area (Å²) >= 11 is 0. The van der Waals surface area contributed by atoms with Gasteiger partial charge in [0.15, 0.2) is 0 Å². The Balaban J connectivity index is 1.64. The number of nitrogens with one attached hydrogen (secondary N) is 2. The molecule has 2 saturated heterocycles. The molecule has 2 aliphatic heterocycles. The Morgan fingerprint density at radius 3 is 2.76 bits per heavy atom. The monoisotopic (exact) mass is 245 g/mol. The van der Waals surface area contributed by atoms with Gasteiger partial charge >= 0.3 is 0 Å². The second-order valence-electron chi connectivity index (χ2n) is 5.54. The largest absolute Gasteiger partial charge is 0.313 e. The zero-order valence-corrected chi connectivity index (χ0v) is 10.0. The standard InChI is InChI=1S/C12H21F2N3/c13-9-2-1-8(5-10(9)14)11-6-16-12-7-15-3-4-17(11)12/h8-12,15-16H,1-7H2. The molecule has 1 saturated carbocycles. The van der Waals surface area contributed by atoms with Crippen LogP contribution >= 0.6 is 0 Å². The van der Waals surface area contributed by atoms with Crippen molar-refractivity contribution in [3.63, 3.8) is 0 Å². The lowest BCUT2D eigenvalue weighted by molar-refractivity contribution is 0.0441. The minimum Gasteiger partial charge on any atom is -0.313 e. The summed E-state index contributed by atoms with van der Waals surface area (Å²) in [5.74, 6) is 0.326. The molecule has 0 aromatic carbocycles. The summed E-state index contributed by atoms with van der Waals surface area (Å²) in [6.07, 6.45) is -0.418. The lowest BCUT2D eigenvalue weighted by Gasteiger charge is -2.39. The van der Waals surface area contributed by atoms with Crippen molar-refractivity contribution in [1.29, 1.82) is 0 Å². The molecule has 5 heteroatoms. The Hall–Kier alpha value is -0.260. The first-order valence-corrected chi connectivity index (χ1v) is 6.73. The fourth-order valence-electron chi connectivity index (χ4n) is 3.58. The molecule has 3 rings (SSSR count). The van der Waals surface area contributed by atoms with Gasteiger partial charge in [0.1, 0.15) is 12.3 Å². The fourth-order valence-corrected chi connectivity index (χ4v) is 3.58. The summed E-state index contributed by atoms with van der Waals surface area (Å²) in [5, 5.41) is 6.84. The quantitative estimate of drug-likeness (QED) is 0.711. The van der Waals surface area contributed by atoms with Gasteiger partial charge in [-0.1, -0.05) is 0 Å². The molecular formula is C12H21F2N3. The van der Waals surface area contributed by atoms with Gasteiger partial charge in [-0.15, -0.1) is 0 Å². The lowest BCUT2D eigenvalue weighted by atomic mass is 9.81. The molecule has 0 spiro atoms. The van der Waals surface area contributed by atoms with Crippen LogP contribution in [0.5, 0.6) is 0 Å². The molecule has 3 aliphatic rings. The van der Waals surface area contributed by atoms with Crippen molar-refractivity contribution >= 4 is 0 Å². The van der Waals surface area contributed by atoms with E-state index in [-0.39, 0.29) is 0 Å². The predicted molar refractivity (Wildman–Crippen MR) is 62.3 cm³/mol. The molecule has 5 atom stereocenters. The van der Waals surface area contributed by atoms with Crippen molar-refractivity contribution in [3.05, 3.63) is 0 Å². The van der Waals surface area contributed by atoms with E-state index >= 15 is 0 Å². The van der Waals surface area contributed by atoms with E-state index in [1.165, 1.54) is 0 Å². The van der Waals surface area contributed by atoms with E-state index in [9.17, 15) is 8.78 Å². The number of fused-ring (bicyclic) bond motifs is 1. The van der Waals surface area contributed by atoms with E-state index < -0.39 is 12.3 Å². The molecule has 3 fully saturated rings. The first-order chi connectivity index (χ1) is 8.25. The maximum Gasteiger partial charge on any atom is 0.131 e. The van der Waals surface area contributed by atoms with Crippen molar-refractivity contribution in [2.45, 2.75) is 43.8 Å². The van der Waals surface area contributed by atoms with Gasteiger partial charge in [0, 0.05) is 32.2 Å². The summed E-state index contributed by atoms with van der Waals surface area (Å²) in [6, 6.07) is 0.410. The van der Waals surface area contributed by atoms with Crippen LogP contribution in [0, 0.1) is 5.92 Å². The normalized spacial score (nSPS) is 48.0. The summed E-state index contributed by atoms with van der Waals surface area (Å²) in [6.45, 7) is 3.93. The molecular weight excluding hydrogens is 224 g/mol. The van der Waals surface area contributed by atoms with Gasteiger partial charge in [-0.05, 0) is 25.2 Å². The second kappa shape index (κ2) is 4.78. The number of hydrogen-bond acceptors (Lipinski definition) is 3. The highest BCUT2D eigenvalue weighted by Gasteiger charge is 2.42. The highest BCUT2D eigenvalue weighted by Crippen LogP contribution is 2.34. The van der Waals surface area contributed by atoms with Crippen LogP contribution in [0.1, 0.15) is 19.3 Å². The van der Waals surface area contributed by atoms with Crippen molar-refractivity contribution < 1.29 is 8.78 Å². The Labute approximate surface area is 101 Å². The van der Waals surface area contributed by atoms with Gasteiger partial charge in [-0.3, -0.25) is 10.2 Å². The average Bonchev–Trinajstić information content (AvgIpc) is 2.76. The maximum absolute atomic E-state index is 13.5. The zero-order chi connectivity index (χ0) is 11.8. The summed E-state index contributed by atoms with van der Waals surface area (Å²) in [7, 11) is 0. The Morgan fingerprint density at radius 2 is 1.94 bits per heavy atom. The number of nitrogens with zero attached hydrogens (tertiary/aromatic N) is 1. The molecule has 17 heavy (non-hydrogen) atoms. The molecule has 5 unspecified atom stereocenters. The molecule has 0 amide bonds. The van der Waals surface area contributed by atoms with Gasteiger partial charge in [0.05, 0.1) is 6.17 Å². The molecule has 3 nitrogen and oxygen atoms in total. The molecule has 0 radical (unpaired) electrons. The van der Waals surface area contributed by atoms with Gasteiger partial charge in [0.2, 0.25) is 0 Å². The second-order valence-corrected chi connectivity index (χ2v) is 5.54. The molecule has 0 bridgehead atoms. The van der Waals surface area contributed by atoms with Crippen LogP contribution in [-0.4, -0.2) is 55.6 Å². The van der Waals surface area contributed by atoms with Crippen LogP contribution in [0.2, 0.25) is 0 Å². The number of piperazine rings is 1. The third kappa shape index (κ3) is 2.20. The van der Waals surface area contributed by atoms with E-state index in [0.717, 1.165) is 32.6 Å². The van der Waals surface area contributed by atoms with Gasteiger partial charge in [-0.25, -0.2) is 8.78 Å². The van der Waals surface area contributed by atoms with Crippen molar-refractivity contribution in [1.82, 2.24) is 15.5 Å². The van der Waals surface area contributed by atoms with Crippen LogP contribution in [0.3, 0.4) is 0 Å². The number of halogens is 2. The maximum atomic E-state index is 13.5. The van der Waals surface area contributed by atoms with Gasteiger partial charge in [0.25, 0.3) is 0 Å². The number of hydrogen-bond donors (Lipinski definition) is 2. The smallest absolute Gasteiger partial charge is 0.131 e. The van der Waals surface area contributed by atoms with E-state index in [1.807, 2.05) is 0 Å². The minimum absolute atomic E-state index is 0.326. The number of rotatable bonds is 1. The van der Waals surface area contributed by atoms with E-state index in [1.54, 1.807) is 0 Å². The van der Waals surface area contributed by atoms with Crippen LogP contribution in [0.4, 0.5) is 8.78 Å². The van der Waals surface area contributed by atoms with E-state index in [2.05, 4.69) is 15.5 Å². The zero-order valence-electron chi connectivity index (χ0n) is 10.0. The molecule has 0 aromatic rings. The molecule has 1 aliphatic carbocycles. The van der Waals surface area contributed by atoms with Crippen LogP contribution in [-0.2, 0) is 0 Å². The Kier molecular flexibility index (Phi) is 3.32. The van der Waals surface area contributed by atoms with Gasteiger partial charge < -0.3 is 5.32 Å². The minimum atomic E-state index is -1.24. The molecule has 2 N–H and O–H groups in total. The summed E-state index contributed by atoms with van der Waals surface area (Å²) in [5.41, 5.74) is 0. The highest BCUT2D eigenvalue weighted by molar-refractivity contribution is 4.97. The van der Waals surface area contributed by atoms with Crippen molar-refractivity contribution in [2.75, 3.05) is 26.2 Å². The summed E-state index contributed by atoms with van der Waals surface area (Å²) in [4.78, 5) is 2.45. The molecule has 98 valence electrons. The topological polar surface area (TPSA) is 27.3 Å². The summed E-state index contributed by atoms with van der Waals surface area (Å²) < 4.78 is 26.6. The molecule has 0 aromatic heterocycles. The van der Waals surface area contributed by atoms with E-state index in [0.29, 0.717) is 31.0 Å². The molecule has 2 heterocycles. The SMILES string of the molecule is FC1CCC(C2CNC3CNCCN32)CC1F. The van der Waals surface area contributed by atoms with Crippen LogP contribution < -0.4 is 10.6 Å². The first-order valence-electron chi connectivity index (χ1n) is 6.73. The highest BCUT2D eigenvalue weighted by atomic mass is 19.2. The lowest BCUT2D eigenvalue weighted by Crippen LogP contribution is -2.55. The Bertz CT molecular complexity index is 276. The Morgan fingerprint density at radius 1 is 1.06 bits per heavy atom. The third-order valence-corrected chi connectivity index (χ3v) is 4.55. The predicted octanol–water partition coefficient (Wildman–Crippen LogP) is 0.666. The van der Waals surface area contributed by atoms with E-state index in [4.69, 9.17) is 0 Å².